The SMILES string of the molecule is OC1(c2ccc(C3=CC(c4cc(Cl)c(Cl)c(Cl)c4)(C(F)(F)F)ON3)cc2)CN(C(c2ccccc2)c2ccccc2)C1. The third-order valence-electron chi connectivity index (χ3n) is 7.76. The van der Waals surface area contributed by atoms with Crippen molar-refractivity contribution in [3.05, 3.63) is 146 Å². The lowest BCUT2D eigenvalue weighted by atomic mass is 9.82. The number of hydroxylamine groups is 1. The molecule has 0 amide bonds. The molecule has 2 N–H and O–H groups in total. The van der Waals surface area contributed by atoms with Crippen molar-refractivity contribution in [1.29, 1.82) is 0 Å². The summed E-state index contributed by atoms with van der Waals surface area (Å²) in [7, 11) is 0. The van der Waals surface area contributed by atoms with E-state index in [0.29, 0.717) is 24.2 Å². The first-order valence-electron chi connectivity index (χ1n) is 13.1. The summed E-state index contributed by atoms with van der Waals surface area (Å²) in [4.78, 5) is 7.38. The summed E-state index contributed by atoms with van der Waals surface area (Å²) in [6.07, 6.45) is -3.90. The number of aliphatic hydroxyl groups is 1. The number of nitrogens with zero attached hydrogens (tertiary/aromatic N) is 1. The number of alkyl halides is 3. The van der Waals surface area contributed by atoms with Crippen molar-refractivity contribution in [2.75, 3.05) is 13.1 Å². The van der Waals surface area contributed by atoms with Crippen LogP contribution in [0.5, 0.6) is 0 Å². The molecule has 4 aromatic carbocycles. The van der Waals surface area contributed by atoms with Crippen LogP contribution in [0.15, 0.2) is 103 Å². The van der Waals surface area contributed by atoms with Crippen molar-refractivity contribution in [2.45, 2.75) is 23.4 Å². The van der Waals surface area contributed by atoms with Gasteiger partial charge in [0.2, 0.25) is 5.60 Å². The van der Waals surface area contributed by atoms with Crippen LogP contribution in [0.3, 0.4) is 0 Å². The quantitative estimate of drug-likeness (QED) is 0.210. The minimum absolute atomic E-state index is 0.0256. The average molecular weight is 632 g/mol. The lowest BCUT2D eigenvalue weighted by molar-refractivity contribution is -0.269. The topological polar surface area (TPSA) is 44.7 Å². The second kappa shape index (κ2) is 10.9. The lowest BCUT2D eigenvalue weighted by Crippen LogP contribution is -2.60. The third kappa shape index (κ3) is 5.08. The van der Waals surface area contributed by atoms with Crippen LogP contribution in [0.25, 0.3) is 5.70 Å². The van der Waals surface area contributed by atoms with Gasteiger partial charge in [0.05, 0.1) is 26.8 Å². The van der Waals surface area contributed by atoms with Crippen LogP contribution in [0.4, 0.5) is 13.2 Å². The second-order valence-corrected chi connectivity index (χ2v) is 11.7. The minimum Gasteiger partial charge on any atom is -0.382 e. The van der Waals surface area contributed by atoms with Gasteiger partial charge in [-0.15, -0.1) is 0 Å². The second-order valence-electron chi connectivity index (χ2n) is 10.5. The Kier molecular flexibility index (Phi) is 7.54. The zero-order chi connectivity index (χ0) is 29.7. The molecule has 1 unspecified atom stereocenters. The molecule has 0 bridgehead atoms. The molecule has 42 heavy (non-hydrogen) atoms. The number of likely N-dealkylation sites (tertiary alicyclic amines) is 1. The minimum atomic E-state index is -4.85. The normalized spacial score (nSPS) is 20.2. The van der Waals surface area contributed by atoms with Crippen molar-refractivity contribution in [3.8, 4) is 0 Å². The van der Waals surface area contributed by atoms with E-state index in [1.807, 2.05) is 36.4 Å². The molecule has 1 fully saturated rings. The molecule has 4 aromatic rings. The van der Waals surface area contributed by atoms with Crippen molar-refractivity contribution in [2.24, 2.45) is 0 Å². The third-order valence-corrected chi connectivity index (χ3v) is 8.96. The summed E-state index contributed by atoms with van der Waals surface area (Å²) in [5.74, 6) is 0. The van der Waals surface area contributed by atoms with Gasteiger partial charge in [-0.1, -0.05) is 120 Å². The van der Waals surface area contributed by atoms with E-state index in [1.54, 1.807) is 24.3 Å². The van der Waals surface area contributed by atoms with Crippen LogP contribution >= 0.6 is 34.8 Å². The Bertz CT molecular complexity index is 1560. The van der Waals surface area contributed by atoms with Crippen LogP contribution in [-0.2, 0) is 16.0 Å². The molecule has 4 nitrogen and oxygen atoms in total. The fraction of sp³-hybridized carbons (Fsp3) is 0.188. The number of benzene rings is 4. The first-order valence-corrected chi connectivity index (χ1v) is 14.2. The Morgan fingerprint density at radius 3 is 1.81 bits per heavy atom. The van der Waals surface area contributed by atoms with Crippen LogP contribution in [-0.4, -0.2) is 29.3 Å². The largest absolute Gasteiger partial charge is 0.428 e. The van der Waals surface area contributed by atoms with Gasteiger partial charge in [-0.05, 0) is 40.5 Å². The number of rotatable bonds is 6. The van der Waals surface area contributed by atoms with Crippen molar-refractivity contribution >= 4 is 40.5 Å². The molecule has 216 valence electrons. The highest BCUT2D eigenvalue weighted by Crippen LogP contribution is 2.49. The van der Waals surface area contributed by atoms with E-state index >= 15 is 0 Å². The van der Waals surface area contributed by atoms with Gasteiger partial charge in [-0.25, -0.2) is 0 Å². The molecule has 2 aliphatic heterocycles. The van der Waals surface area contributed by atoms with E-state index in [9.17, 15) is 18.3 Å². The zero-order valence-corrected chi connectivity index (χ0v) is 24.1. The highest BCUT2D eigenvalue weighted by Gasteiger charge is 2.60. The van der Waals surface area contributed by atoms with Gasteiger partial charge in [0.1, 0.15) is 5.60 Å². The standard InChI is InChI=1S/C32H24Cl3F3N2O2/c33-25-15-24(16-26(34)28(25)35)31(32(36,37)38)17-27(39-42-31)20-11-13-23(14-12-20)30(41)18-40(19-30)29(21-7-3-1-4-8-21)22-9-5-2-6-10-22/h1-17,29,39,41H,18-19H2. The average Bonchev–Trinajstić information content (AvgIpc) is 3.43. The maximum absolute atomic E-state index is 14.4. The summed E-state index contributed by atoms with van der Waals surface area (Å²) in [6.45, 7) is 0.778. The monoisotopic (exact) mass is 630 g/mol. The molecule has 6 rings (SSSR count). The van der Waals surface area contributed by atoms with Crippen LogP contribution in [0.2, 0.25) is 15.1 Å². The Morgan fingerprint density at radius 2 is 1.31 bits per heavy atom. The number of halogens is 6. The van der Waals surface area contributed by atoms with Crippen molar-refractivity contribution < 1.29 is 23.1 Å². The number of nitrogens with one attached hydrogen (secondary N) is 1. The molecule has 0 saturated carbocycles. The Balaban J connectivity index is 1.25. The molecular formula is C32H24Cl3F3N2O2. The van der Waals surface area contributed by atoms with E-state index in [4.69, 9.17) is 39.6 Å². The molecule has 1 saturated heterocycles. The molecule has 0 spiro atoms. The maximum atomic E-state index is 14.4. The first-order chi connectivity index (χ1) is 20.0. The van der Waals surface area contributed by atoms with E-state index in [-0.39, 0.29) is 32.4 Å². The summed E-state index contributed by atoms with van der Waals surface area (Å²) in [5.41, 5.74) is 1.62. The van der Waals surface area contributed by atoms with Crippen LogP contribution in [0.1, 0.15) is 33.9 Å². The van der Waals surface area contributed by atoms with Crippen molar-refractivity contribution in [3.63, 3.8) is 0 Å². The smallest absolute Gasteiger partial charge is 0.382 e. The highest BCUT2D eigenvalue weighted by atomic mass is 35.5. The predicted octanol–water partition coefficient (Wildman–Crippen LogP) is 8.27. The fourth-order valence-corrected chi connectivity index (χ4v) is 6.19. The van der Waals surface area contributed by atoms with Crippen LogP contribution < -0.4 is 5.48 Å². The molecule has 0 aliphatic carbocycles. The molecule has 0 aromatic heterocycles. The van der Waals surface area contributed by atoms with Gasteiger partial charge >= 0.3 is 6.18 Å². The first kappa shape index (κ1) is 29.1. The van der Waals surface area contributed by atoms with Gasteiger partial charge in [-0.3, -0.25) is 15.2 Å². The molecular weight excluding hydrogens is 608 g/mol. The van der Waals surface area contributed by atoms with E-state index in [0.717, 1.165) is 29.3 Å². The van der Waals surface area contributed by atoms with Crippen LogP contribution in [0, 0.1) is 0 Å². The lowest BCUT2D eigenvalue weighted by Gasteiger charge is -2.50. The highest BCUT2D eigenvalue weighted by molar-refractivity contribution is 6.48. The van der Waals surface area contributed by atoms with Crippen molar-refractivity contribution in [1.82, 2.24) is 10.4 Å². The number of β-amino-alcohol motifs (C(OH)–C–C–N with tert-alkyl or cyclic N) is 1. The van der Waals surface area contributed by atoms with E-state index < -0.39 is 17.4 Å². The van der Waals surface area contributed by atoms with E-state index in [2.05, 4.69) is 34.6 Å². The van der Waals surface area contributed by atoms with Gasteiger partial charge < -0.3 is 5.11 Å². The fourth-order valence-electron chi connectivity index (χ4n) is 5.59. The molecule has 2 aliphatic rings. The molecule has 2 heterocycles. The van der Waals surface area contributed by atoms with Gasteiger partial charge in [0, 0.05) is 18.7 Å². The maximum Gasteiger partial charge on any atom is 0.428 e. The molecule has 1 atom stereocenters. The summed E-state index contributed by atoms with van der Waals surface area (Å²) >= 11 is 18.0. The van der Waals surface area contributed by atoms with E-state index in [1.165, 1.54) is 0 Å². The number of hydrogen-bond acceptors (Lipinski definition) is 4. The Hall–Kier alpha value is -3.04. The predicted molar refractivity (Wildman–Crippen MR) is 158 cm³/mol. The summed E-state index contributed by atoms with van der Waals surface area (Å²) < 4.78 is 43.2. The molecule has 0 radical (unpaired) electrons. The number of hydrogen-bond donors (Lipinski definition) is 2. The Morgan fingerprint density at radius 1 is 0.786 bits per heavy atom. The van der Waals surface area contributed by atoms with Gasteiger partial charge in [-0.2, -0.15) is 13.2 Å². The van der Waals surface area contributed by atoms with Gasteiger partial charge in [0.25, 0.3) is 0 Å². The summed E-state index contributed by atoms with van der Waals surface area (Å²) in [6, 6.07) is 29.1. The van der Waals surface area contributed by atoms with Gasteiger partial charge in [0.15, 0.2) is 0 Å². The molecule has 10 heteroatoms. The summed E-state index contributed by atoms with van der Waals surface area (Å²) in [5, 5.41) is 11.2. The Labute approximate surface area is 255 Å². The zero-order valence-electron chi connectivity index (χ0n) is 21.9.